The highest BCUT2D eigenvalue weighted by Crippen LogP contribution is 2.18. The summed E-state index contributed by atoms with van der Waals surface area (Å²) < 4.78 is 1.65. The van der Waals surface area contributed by atoms with Crippen LogP contribution in [0.3, 0.4) is 0 Å². The van der Waals surface area contributed by atoms with Crippen molar-refractivity contribution in [3.05, 3.63) is 87.7 Å². The SMILES string of the molecule is Cc1cc(C)c(C(=O)N[C@@H](Cc2ccc(-n3cc(CNc4nccs4)nn3)cc2)C(=O)O)c(C)c1. The maximum atomic E-state index is 12.9. The summed E-state index contributed by atoms with van der Waals surface area (Å²) in [5.74, 6) is -1.47. The van der Waals surface area contributed by atoms with Crippen LogP contribution in [0.1, 0.15) is 38.3 Å². The predicted molar refractivity (Wildman–Crippen MR) is 134 cm³/mol. The third-order valence-corrected chi connectivity index (χ3v) is 6.27. The largest absolute Gasteiger partial charge is 0.480 e. The van der Waals surface area contributed by atoms with Crippen LogP contribution >= 0.6 is 11.3 Å². The van der Waals surface area contributed by atoms with Crippen molar-refractivity contribution in [2.75, 3.05) is 5.32 Å². The van der Waals surface area contributed by atoms with E-state index < -0.39 is 12.0 Å². The number of aryl methyl sites for hydroxylation is 3. The molecule has 0 aliphatic rings. The maximum absolute atomic E-state index is 12.9. The molecule has 0 fully saturated rings. The van der Waals surface area contributed by atoms with E-state index >= 15 is 0 Å². The van der Waals surface area contributed by atoms with E-state index in [-0.39, 0.29) is 12.3 Å². The van der Waals surface area contributed by atoms with Crippen molar-refractivity contribution < 1.29 is 14.7 Å². The molecule has 4 aromatic rings. The highest BCUT2D eigenvalue weighted by molar-refractivity contribution is 7.13. The molecule has 0 saturated carbocycles. The number of benzene rings is 2. The van der Waals surface area contributed by atoms with Gasteiger partial charge in [-0.05, 0) is 49.6 Å². The lowest BCUT2D eigenvalue weighted by Crippen LogP contribution is -2.42. The molecule has 2 aromatic heterocycles. The first-order valence-electron chi connectivity index (χ1n) is 11.1. The topological polar surface area (TPSA) is 122 Å². The van der Waals surface area contributed by atoms with Gasteiger partial charge in [-0.2, -0.15) is 0 Å². The standard InChI is InChI=1S/C25H26N6O3S/c1-15-10-16(2)22(17(3)11-15)23(32)28-21(24(33)34)12-18-4-6-20(7-5-18)31-14-19(29-30-31)13-27-25-26-8-9-35-25/h4-11,14,21H,12-13H2,1-3H3,(H,26,27)(H,28,32)(H,33,34)/t21-/m0/s1. The van der Waals surface area contributed by atoms with Gasteiger partial charge >= 0.3 is 5.97 Å². The first-order chi connectivity index (χ1) is 16.8. The number of carboxylic acids is 1. The van der Waals surface area contributed by atoms with Crippen LogP contribution in [0.5, 0.6) is 0 Å². The van der Waals surface area contributed by atoms with E-state index in [1.807, 2.05) is 68.7 Å². The number of thiazole rings is 1. The number of aromatic nitrogens is 4. The second-order valence-electron chi connectivity index (χ2n) is 8.35. The monoisotopic (exact) mass is 490 g/mol. The van der Waals surface area contributed by atoms with E-state index in [1.54, 1.807) is 10.9 Å². The minimum atomic E-state index is -1.08. The lowest BCUT2D eigenvalue weighted by molar-refractivity contribution is -0.139. The third kappa shape index (κ3) is 5.90. The Morgan fingerprint density at radius 1 is 1.11 bits per heavy atom. The Kier molecular flexibility index (Phi) is 7.21. The molecule has 180 valence electrons. The Labute approximate surface area is 206 Å². The van der Waals surface area contributed by atoms with Crippen molar-refractivity contribution in [3.63, 3.8) is 0 Å². The average Bonchev–Trinajstić information content (AvgIpc) is 3.49. The van der Waals surface area contributed by atoms with Gasteiger partial charge in [-0.15, -0.1) is 16.4 Å². The van der Waals surface area contributed by atoms with Crippen molar-refractivity contribution in [3.8, 4) is 5.69 Å². The van der Waals surface area contributed by atoms with Gasteiger partial charge in [0.2, 0.25) is 0 Å². The number of aliphatic carboxylic acids is 1. The Bertz CT molecular complexity index is 1310. The number of nitrogens with zero attached hydrogens (tertiary/aromatic N) is 4. The summed E-state index contributed by atoms with van der Waals surface area (Å²) in [7, 11) is 0. The molecule has 0 saturated heterocycles. The Morgan fingerprint density at radius 3 is 2.46 bits per heavy atom. The van der Waals surface area contributed by atoms with Gasteiger partial charge in [0.15, 0.2) is 5.13 Å². The van der Waals surface area contributed by atoms with Gasteiger partial charge in [0.25, 0.3) is 5.91 Å². The van der Waals surface area contributed by atoms with E-state index in [0.29, 0.717) is 12.1 Å². The second kappa shape index (κ2) is 10.5. The lowest BCUT2D eigenvalue weighted by atomic mass is 9.98. The molecular weight excluding hydrogens is 464 g/mol. The van der Waals surface area contributed by atoms with Crippen LogP contribution in [0.2, 0.25) is 0 Å². The Hall–Kier alpha value is -4.05. The number of carboxylic acid groups (broad SMARTS) is 1. The van der Waals surface area contributed by atoms with Crippen molar-refractivity contribution >= 4 is 28.3 Å². The van der Waals surface area contributed by atoms with Gasteiger partial charge in [0.05, 0.1) is 18.4 Å². The number of carbonyl (C=O) groups is 2. The van der Waals surface area contributed by atoms with Gasteiger partial charge in [0, 0.05) is 23.6 Å². The van der Waals surface area contributed by atoms with Crippen LogP contribution in [0.25, 0.3) is 5.69 Å². The number of hydrogen-bond donors (Lipinski definition) is 3. The zero-order valence-corrected chi connectivity index (χ0v) is 20.5. The molecule has 0 radical (unpaired) electrons. The zero-order chi connectivity index (χ0) is 24.9. The summed E-state index contributed by atoms with van der Waals surface area (Å²) in [6.45, 7) is 6.18. The summed E-state index contributed by atoms with van der Waals surface area (Å²) >= 11 is 1.51. The van der Waals surface area contributed by atoms with E-state index in [1.165, 1.54) is 11.3 Å². The van der Waals surface area contributed by atoms with Crippen molar-refractivity contribution in [2.45, 2.75) is 39.8 Å². The van der Waals surface area contributed by atoms with Crippen LogP contribution in [0.4, 0.5) is 5.13 Å². The molecule has 0 aliphatic heterocycles. The van der Waals surface area contributed by atoms with Gasteiger partial charge in [-0.1, -0.05) is 35.0 Å². The molecule has 2 aromatic carbocycles. The Balaban J connectivity index is 1.41. The highest BCUT2D eigenvalue weighted by atomic mass is 32.1. The average molecular weight is 491 g/mol. The van der Waals surface area contributed by atoms with Gasteiger partial charge in [-0.3, -0.25) is 4.79 Å². The summed E-state index contributed by atoms with van der Waals surface area (Å²) in [5.41, 5.74) is 5.56. The zero-order valence-electron chi connectivity index (χ0n) is 19.6. The smallest absolute Gasteiger partial charge is 0.326 e. The van der Waals surface area contributed by atoms with Crippen LogP contribution < -0.4 is 10.6 Å². The molecule has 3 N–H and O–H groups in total. The fraction of sp³-hybridized carbons (Fsp3) is 0.240. The first kappa shape index (κ1) is 24.1. The van der Waals surface area contributed by atoms with E-state index in [0.717, 1.165) is 38.8 Å². The molecule has 0 aliphatic carbocycles. The fourth-order valence-corrected chi connectivity index (χ4v) is 4.50. The third-order valence-electron chi connectivity index (χ3n) is 5.54. The number of nitrogens with one attached hydrogen (secondary N) is 2. The van der Waals surface area contributed by atoms with Crippen LogP contribution in [0, 0.1) is 20.8 Å². The molecule has 2 heterocycles. The molecule has 0 bridgehead atoms. The van der Waals surface area contributed by atoms with Gasteiger partial charge in [-0.25, -0.2) is 14.5 Å². The number of rotatable bonds is 9. The fourth-order valence-electron chi connectivity index (χ4n) is 3.97. The predicted octanol–water partition coefficient (Wildman–Crippen LogP) is 3.69. The summed E-state index contributed by atoms with van der Waals surface area (Å²) in [4.78, 5) is 28.9. The quantitative estimate of drug-likeness (QED) is 0.327. The summed E-state index contributed by atoms with van der Waals surface area (Å²) in [6.07, 6.45) is 3.71. The van der Waals surface area contributed by atoms with Crippen LogP contribution in [-0.2, 0) is 17.8 Å². The van der Waals surface area contributed by atoms with Crippen molar-refractivity contribution in [1.82, 2.24) is 25.3 Å². The lowest BCUT2D eigenvalue weighted by Gasteiger charge is -2.17. The molecular formula is C25H26N6O3S. The molecule has 4 rings (SSSR count). The molecule has 1 amide bonds. The molecule has 10 heteroatoms. The Morgan fingerprint density at radius 2 is 1.83 bits per heavy atom. The van der Waals surface area contributed by atoms with E-state index in [4.69, 9.17) is 0 Å². The number of hydrogen-bond acceptors (Lipinski definition) is 7. The van der Waals surface area contributed by atoms with Crippen LogP contribution in [-0.4, -0.2) is 43.0 Å². The molecule has 0 spiro atoms. The second-order valence-corrected chi connectivity index (χ2v) is 9.25. The molecule has 1 atom stereocenters. The van der Waals surface area contributed by atoms with Crippen molar-refractivity contribution in [2.24, 2.45) is 0 Å². The normalized spacial score (nSPS) is 11.7. The number of anilines is 1. The van der Waals surface area contributed by atoms with E-state index in [2.05, 4.69) is 25.9 Å². The maximum Gasteiger partial charge on any atom is 0.326 e. The first-order valence-corrected chi connectivity index (χ1v) is 11.9. The van der Waals surface area contributed by atoms with Gasteiger partial charge in [0.1, 0.15) is 11.7 Å². The summed E-state index contributed by atoms with van der Waals surface area (Å²) in [6, 6.07) is 10.1. The number of carbonyl (C=O) groups excluding carboxylic acids is 1. The molecule has 35 heavy (non-hydrogen) atoms. The molecule has 9 nitrogen and oxygen atoms in total. The molecule has 0 unspecified atom stereocenters. The highest BCUT2D eigenvalue weighted by Gasteiger charge is 2.23. The van der Waals surface area contributed by atoms with Gasteiger partial charge < -0.3 is 15.7 Å². The van der Waals surface area contributed by atoms with Crippen LogP contribution in [0.15, 0.2) is 54.2 Å². The summed E-state index contributed by atoms with van der Waals surface area (Å²) in [5, 5.41) is 26.6. The minimum Gasteiger partial charge on any atom is -0.480 e. The number of amides is 1. The van der Waals surface area contributed by atoms with E-state index in [9.17, 15) is 14.7 Å². The van der Waals surface area contributed by atoms with Crippen molar-refractivity contribution in [1.29, 1.82) is 0 Å². The minimum absolute atomic E-state index is 0.158.